The highest BCUT2D eigenvalue weighted by Gasteiger charge is 2.18. The lowest BCUT2D eigenvalue weighted by atomic mass is 10.3. The zero-order valence-corrected chi connectivity index (χ0v) is 12.9. The number of fused-ring (bicyclic) bond motifs is 1. The van der Waals surface area contributed by atoms with Crippen molar-refractivity contribution in [2.45, 2.75) is 6.92 Å². The van der Waals surface area contributed by atoms with E-state index >= 15 is 0 Å². The van der Waals surface area contributed by atoms with E-state index in [1.165, 1.54) is 12.4 Å². The molecule has 4 N–H and O–H groups in total. The van der Waals surface area contributed by atoms with Crippen molar-refractivity contribution in [3.05, 3.63) is 17.3 Å². The van der Waals surface area contributed by atoms with Crippen LogP contribution in [-0.2, 0) is 10.0 Å². The van der Waals surface area contributed by atoms with Crippen LogP contribution >= 0.6 is 11.3 Å². The summed E-state index contributed by atoms with van der Waals surface area (Å²) in [5.74, 6) is -0.613. The van der Waals surface area contributed by atoms with Crippen LogP contribution in [0.3, 0.4) is 0 Å². The van der Waals surface area contributed by atoms with Gasteiger partial charge in [-0.25, -0.2) is 23.1 Å². The maximum absolute atomic E-state index is 12.0. The first-order chi connectivity index (χ1) is 9.94. The quantitative estimate of drug-likeness (QED) is 0.681. The fourth-order valence-corrected chi connectivity index (χ4v) is 3.58. The Bertz CT molecular complexity index is 756. The van der Waals surface area contributed by atoms with E-state index < -0.39 is 15.9 Å². The van der Waals surface area contributed by atoms with Gasteiger partial charge in [-0.1, -0.05) is 6.92 Å². The number of rotatable bonds is 6. The fourth-order valence-electron chi connectivity index (χ4n) is 1.68. The van der Waals surface area contributed by atoms with Gasteiger partial charge in [-0.05, 0) is 0 Å². The second kappa shape index (κ2) is 6.33. The molecule has 0 bridgehead atoms. The van der Waals surface area contributed by atoms with Gasteiger partial charge in [-0.15, -0.1) is 11.3 Å². The number of carbonyl (C=O) groups excluding carboxylic acids is 1. The Kier molecular flexibility index (Phi) is 4.70. The second-order valence-electron chi connectivity index (χ2n) is 4.13. The van der Waals surface area contributed by atoms with Crippen molar-refractivity contribution in [3.8, 4) is 0 Å². The minimum Gasteiger partial charge on any atom is -0.396 e. The van der Waals surface area contributed by atoms with Crippen molar-refractivity contribution >= 4 is 43.3 Å². The summed E-state index contributed by atoms with van der Waals surface area (Å²) in [5, 5.41) is 2.53. The van der Waals surface area contributed by atoms with E-state index in [2.05, 4.69) is 20.0 Å². The lowest BCUT2D eigenvalue weighted by molar-refractivity contribution is 0.0961. The number of hydrogen-bond donors (Lipinski definition) is 3. The summed E-state index contributed by atoms with van der Waals surface area (Å²) >= 11 is 1.12. The molecule has 2 aromatic heterocycles. The van der Waals surface area contributed by atoms with Gasteiger partial charge in [0.05, 0.1) is 11.4 Å². The van der Waals surface area contributed by atoms with Crippen LogP contribution in [0, 0.1) is 0 Å². The van der Waals surface area contributed by atoms with E-state index in [4.69, 9.17) is 5.73 Å². The largest absolute Gasteiger partial charge is 0.396 e. The lowest BCUT2D eigenvalue weighted by Gasteiger charge is -2.06. The molecular formula is C11H15N5O3S2. The smallest absolute Gasteiger partial charge is 0.263 e. The molecule has 0 aliphatic rings. The van der Waals surface area contributed by atoms with Gasteiger partial charge in [0.1, 0.15) is 15.2 Å². The number of thiophene rings is 1. The molecule has 8 nitrogen and oxygen atoms in total. The first-order valence-corrected chi connectivity index (χ1v) is 8.66. The highest BCUT2D eigenvalue weighted by Crippen LogP contribution is 2.30. The predicted octanol–water partition coefficient (Wildman–Crippen LogP) is -0.0574. The summed E-state index contributed by atoms with van der Waals surface area (Å²) in [6.07, 6.45) is 3.01. The van der Waals surface area contributed by atoms with Gasteiger partial charge in [0.15, 0.2) is 0 Å². The first kappa shape index (κ1) is 15.6. The monoisotopic (exact) mass is 329 g/mol. The average Bonchev–Trinajstić information content (AvgIpc) is 2.76. The Morgan fingerprint density at radius 2 is 2.10 bits per heavy atom. The maximum Gasteiger partial charge on any atom is 0.263 e. The van der Waals surface area contributed by atoms with E-state index in [9.17, 15) is 13.2 Å². The van der Waals surface area contributed by atoms with Gasteiger partial charge in [0.25, 0.3) is 5.91 Å². The highest BCUT2D eigenvalue weighted by molar-refractivity contribution is 7.89. The minimum atomic E-state index is -3.36. The van der Waals surface area contributed by atoms with Crippen LogP contribution in [0.4, 0.5) is 5.69 Å². The second-order valence-corrected chi connectivity index (χ2v) is 7.05. The van der Waals surface area contributed by atoms with Crippen LogP contribution < -0.4 is 15.8 Å². The van der Waals surface area contributed by atoms with Crippen molar-refractivity contribution in [2.75, 3.05) is 24.6 Å². The van der Waals surface area contributed by atoms with E-state index in [0.29, 0.717) is 16.9 Å². The number of amides is 1. The summed E-state index contributed by atoms with van der Waals surface area (Å²) in [6, 6.07) is 0. The van der Waals surface area contributed by atoms with Gasteiger partial charge in [-0.3, -0.25) is 4.79 Å². The Morgan fingerprint density at radius 3 is 2.76 bits per heavy atom. The number of nitrogen functional groups attached to an aromatic ring is 1. The zero-order chi connectivity index (χ0) is 15.5. The highest BCUT2D eigenvalue weighted by atomic mass is 32.2. The van der Waals surface area contributed by atoms with Crippen LogP contribution in [0.15, 0.2) is 12.4 Å². The normalized spacial score (nSPS) is 11.7. The molecule has 0 aliphatic heterocycles. The number of aromatic nitrogens is 2. The van der Waals surface area contributed by atoms with Crippen molar-refractivity contribution < 1.29 is 13.2 Å². The molecule has 10 heteroatoms. The summed E-state index contributed by atoms with van der Waals surface area (Å²) in [6.45, 7) is 2.01. The standard InChI is InChI=1S/C11H15N5O3S2/c1-2-16-21(18,19)6-5-14-10(17)9-7(12)8-11(20-9)15-4-3-13-8/h3-4,16H,2,5-6,12H2,1H3,(H,14,17). The van der Waals surface area contributed by atoms with Crippen LogP contribution in [0.5, 0.6) is 0 Å². The Hall–Kier alpha value is -1.78. The van der Waals surface area contributed by atoms with Crippen LogP contribution in [0.2, 0.25) is 0 Å². The molecule has 2 aromatic rings. The summed E-state index contributed by atoms with van der Waals surface area (Å²) in [4.78, 5) is 21.0. The van der Waals surface area contributed by atoms with Gasteiger partial charge < -0.3 is 11.1 Å². The van der Waals surface area contributed by atoms with E-state index in [1.54, 1.807) is 6.92 Å². The zero-order valence-electron chi connectivity index (χ0n) is 11.3. The van der Waals surface area contributed by atoms with Gasteiger partial charge in [0, 0.05) is 25.5 Å². The Balaban J connectivity index is 2.04. The molecule has 0 saturated heterocycles. The molecule has 0 atom stereocenters. The molecule has 0 saturated carbocycles. The van der Waals surface area contributed by atoms with Crippen LogP contribution in [-0.4, -0.2) is 43.1 Å². The third-order valence-corrected chi connectivity index (χ3v) is 5.16. The lowest BCUT2D eigenvalue weighted by Crippen LogP contribution is -2.34. The van der Waals surface area contributed by atoms with Gasteiger partial charge >= 0.3 is 0 Å². The number of nitrogens with one attached hydrogen (secondary N) is 2. The molecule has 2 heterocycles. The summed E-state index contributed by atoms with van der Waals surface area (Å²) in [7, 11) is -3.36. The van der Waals surface area contributed by atoms with Crippen molar-refractivity contribution in [1.82, 2.24) is 20.0 Å². The topological polar surface area (TPSA) is 127 Å². The first-order valence-electron chi connectivity index (χ1n) is 6.19. The van der Waals surface area contributed by atoms with Crippen molar-refractivity contribution in [1.29, 1.82) is 0 Å². The SMILES string of the molecule is CCNS(=O)(=O)CCNC(=O)c1sc2nccnc2c1N. The van der Waals surface area contributed by atoms with E-state index in [1.807, 2.05) is 0 Å². The number of nitrogens with zero attached hydrogens (tertiary/aromatic N) is 2. The average molecular weight is 329 g/mol. The van der Waals surface area contributed by atoms with E-state index in [0.717, 1.165) is 11.3 Å². The molecular weight excluding hydrogens is 314 g/mol. The number of nitrogens with two attached hydrogens (primary N) is 1. The molecule has 21 heavy (non-hydrogen) atoms. The Morgan fingerprint density at radius 1 is 1.38 bits per heavy atom. The van der Waals surface area contributed by atoms with Crippen molar-refractivity contribution in [2.24, 2.45) is 0 Å². The molecule has 0 aromatic carbocycles. The molecule has 0 radical (unpaired) electrons. The summed E-state index contributed by atoms with van der Waals surface area (Å²) in [5.41, 5.74) is 6.60. The molecule has 114 valence electrons. The van der Waals surface area contributed by atoms with Crippen molar-refractivity contribution in [3.63, 3.8) is 0 Å². The third kappa shape index (κ3) is 3.65. The number of carbonyl (C=O) groups is 1. The number of anilines is 1. The maximum atomic E-state index is 12.0. The van der Waals surface area contributed by atoms with Crippen LogP contribution in [0.1, 0.15) is 16.6 Å². The molecule has 2 rings (SSSR count). The minimum absolute atomic E-state index is 0.00269. The van der Waals surface area contributed by atoms with Crippen LogP contribution in [0.25, 0.3) is 10.3 Å². The fraction of sp³-hybridized carbons (Fsp3) is 0.364. The molecule has 1 amide bonds. The van der Waals surface area contributed by atoms with Gasteiger partial charge in [0.2, 0.25) is 10.0 Å². The molecule has 0 unspecified atom stereocenters. The molecule has 0 aliphatic carbocycles. The molecule has 0 spiro atoms. The predicted molar refractivity (Wildman–Crippen MR) is 81.6 cm³/mol. The Labute approximate surface area is 125 Å². The third-order valence-electron chi connectivity index (χ3n) is 2.59. The summed E-state index contributed by atoms with van der Waals surface area (Å²) < 4.78 is 25.3. The van der Waals surface area contributed by atoms with E-state index in [-0.39, 0.29) is 22.9 Å². The molecule has 0 fully saturated rings. The number of sulfonamides is 1. The van der Waals surface area contributed by atoms with Gasteiger partial charge in [-0.2, -0.15) is 0 Å². The number of hydrogen-bond acceptors (Lipinski definition) is 7.